The average Bonchev–Trinajstić information content (AvgIpc) is 3.08. The van der Waals surface area contributed by atoms with Crippen molar-refractivity contribution in [2.75, 3.05) is 112 Å². The molecule has 0 saturated heterocycles. The Morgan fingerprint density at radius 2 is 0.696 bits per heavy atom. The van der Waals surface area contributed by atoms with Gasteiger partial charge in [-0.05, 0) is 30.7 Å². The van der Waals surface area contributed by atoms with Crippen molar-refractivity contribution in [1.82, 2.24) is 0 Å². The topological polar surface area (TPSA) is 100 Å². The molecule has 1 aromatic rings. The fourth-order valence-electron chi connectivity index (χ4n) is 4.37. The lowest BCUT2D eigenvalue weighted by Crippen LogP contribution is -2.15. The molecule has 1 rings (SSSR count). The first-order valence-electron chi connectivity index (χ1n) is 17.7. The molecule has 0 amide bonds. The second-order valence-electron chi connectivity index (χ2n) is 11.0. The summed E-state index contributed by atoms with van der Waals surface area (Å²) in [6.45, 7) is 11.5. The van der Waals surface area contributed by atoms with Crippen LogP contribution in [0.4, 0.5) is 0 Å². The van der Waals surface area contributed by atoms with Gasteiger partial charge in [-0.15, -0.1) is 0 Å². The highest BCUT2D eigenvalue weighted by Crippen LogP contribution is 2.12. The van der Waals surface area contributed by atoms with Crippen LogP contribution in [0.25, 0.3) is 0 Å². The zero-order valence-corrected chi connectivity index (χ0v) is 28.8. The van der Waals surface area contributed by atoms with Crippen molar-refractivity contribution in [3.05, 3.63) is 29.8 Å². The lowest BCUT2D eigenvalue weighted by atomic mass is 10.1. The Kier molecular flexibility index (Phi) is 33.4. The zero-order valence-electron chi connectivity index (χ0n) is 28.8. The third-order valence-electron chi connectivity index (χ3n) is 7.01. The minimum absolute atomic E-state index is 0.438. The maximum Gasteiger partial charge on any atom is 0.150 e. The first kappa shape index (κ1) is 42.4. The Balaban J connectivity index is 1.63. The molecular weight excluding hydrogens is 592 g/mol. The summed E-state index contributed by atoms with van der Waals surface area (Å²) in [7, 11) is 0. The number of rotatable bonds is 38. The molecule has 0 aliphatic carbocycles. The van der Waals surface area contributed by atoms with E-state index in [1.54, 1.807) is 24.3 Å². The van der Waals surface area contributed by atoms with E-state index in [2.05, 4.69) is 6.92 Å². The molecule has 0 N–H and O–H groups in total. The smallest absolute Gasteiger partial charge is 0.150 e. The van der Waals surface area contributed by atoms with Crippen LogP contribution in [0.3, 0.4) is 0 Å². The monoisotopic (exact) mass is 656 g/mol. The van der Waals surface area contributed by atoms with E-state index in [-0.39, 0.29) is 0 Å². The van der Waals surface area contributed by atoms with E-state index in [1.165, 1.54) is 64.2 Å². The number of hydrogen-bond donors (Lipinski definition) is 0. The number of unbranched alkanes of at least 4 members (excludes halogenated alkanes) is 10. The molecule has 0 unspecified atom stereocenters. The van der Waals surface area contributed by atoms with Gasteiger partial charge in [0.2, 0.25) is 0 Å². The first-order valence-corrected chi connectivity index (χ1v) is 17.7. The maximum atomic E-state index is 10.6. The Hall–Kier alpha value is -1.63. The molecule has 0 bridgehead atoms. The number of ether oxygens (including phenoxy) is 9. The second-order valence-corrected chi connectivity index (χ2v) is 11.0. The lowest BCUT2D eigenvalue weighted by molar-refractivity contribution is -0.0236. The highest BCUT2D eigenvalue weighted by Gasteiger charge is 1.98. The Bertz CT molecular complexity index is 734. The maximum absolute atomic E-state index is 10.6. The van der Waals surface area contributed by atoms with Gasteiger partial charge in [-0.3, -0.25) is 4.79 Å². The molecule has 0 aliphatic heterocycles. The standard InChI is InChI=1S/C36H64O10/c1-2-3-4-5-6-7-8-9-10-11-12-17-38-18-19-39-20-21-40-22-23-41-24-25-42-26-27-43-28-29-44-30-31-45-32-33-46-36-15-13-35(34-37)14-16-36/h13-16,34H,2-12,17-33H2,1H3. The molecule has 0 fully saturated rings. The van der Waals surface area contributed by atoms with Gasteiger partial charge in [0.15, 0.2) is 0 Å². The van der Waals surface area contributed by atoms with Crippen LogP contribution < -0.4 is 4.74 Å². The Morgan fingerprint density at radius 3 is 1.04 bits per heavy atom. The summed E-state index contributed by atoms with van der Waals surface area (Å²) in [6.07, 6.45) is 15.7. The van der Waals surface area contributed by atoms with Gasteiger partial charge in [-0.25, -0.2) is 0 Å². The van der Waals surface area contributed by atoms with Crippen LogP contribution in [-0.4, -0.2) is 119 Å². The predicted octanol–water partition coefficient (Wildman–Crippen LogP) is 6.32. The predicted molar refractivity (Wildman–Crippen MR) is 180 cm³/mol. The van der Waals surface area contributed by atoms with Gasteiger partial charge in [-0.1, -0.05) is 71.1 Å². The summed E-state index contributed by atoms with van der Waals surface area (Å²) in [5, 5.41) is 0. The van der Waals surface area contributed by atoms with Crippen molar-refractivity contribution in [3.8, 4) is 5.75 Å². The summed E-state index contributed by atoms with van der Waals surface area (Å²) < 4.78 is 49.7. The zero-order chi connectivity index (χ0) is 32.9. The van der Waals surface area contributed by atoms with Crippen LogP contribution in [0.15, 0.2) is 24.3 Å². The van der Waals surface area contributed by atoms with E-state index in [9.17, 15) is 4.79 Å². The van der Waals surface area contributed by atoms with Crippen LogP contribution in [-0.2, 0) is 37.9 Å². The second kappa shape index (κ2) is 36.2. The van der Waals surface area contributed by atoms with Gasteiger partial charge in [0.25, 0.3) is 0 Å². The molecule has 0 aliphatic rings. The SMILES string of the molecule is CCCCCCCCCCCCCOCCOCCOCCOCCOCCOCCOCCOCCOc1ccc(C=O)cc1. The lowest BCUT2D eigenvalue weighted by Gasteiger charge is -2.09. The van der Waals surface area contributed by atoms with Crippen molar-refractivity contribution in [3.63, 3.8) is 0 Å². The largest absolute Gasteiger partial charge is 0.491 e. The third-order valence-corrected chi connectivity index (χ3v) is 7.01. The van der Waals surface area contributed by atoms with Gasteiger partial charge in [0.1, 0.15) is 18.6 Å². The van der Waals surface area contributed by atoms with Gasteiger partial charge < -0.3 is 42.6 Å². The normalized spacial score (nSPS) is 11.3. The van der Waals surface area contributed by atoms with Crippen molar-refractivity contribution < 1.29 is 47.4 Å². The summed E-state index contributed by atoms with van der Waals surface area (Å²) in [5.74, 6) is 0.711. The van der Waals surface area contributed by atoms with E-state index in [0.29, 0.717) is 117 Å². The summed E-state index contributed by atoms with van der Waals surface area (Å²) in [5.41, 5.74) is 0.624. The highest BCUT2D eigenvalue weighted by atomic mass is 16.6. The minimum Gasteiger partial charge on any atom is -0.491 e. The van der Waals surface area contributed by atoms with Gasteiger partial charge in [-0.2, -0.15) is 0 Å². The molecule has 0 aromatic heterocycles. The number of benzene rings is 1. The van der Waals surface area contributed by atoms with Gasteiger partial charge in [0.05, 0.1) is 99.1 Å². The number of carbonyl (C=O) groups is 1. The molecule has 10 heteroatoms. The molecule has 0 radical (unpaired) electrons. The Labute approximate surface area is 279 Å². The molecule has 0 saturated carbocycles. The molecule has 10 nitrogen and oxygen atoms in total. The van der Waals surface area contributed by atoms with Crippen LogP contribution in [0.1, 0.15) is 87.9 Å². The van der Waals surface area contributed by atoms with E-state index >= 15 is 0 Å². The Morgan fingerprint density at radius 1 is 0.391 bits per heavy atom. The van der Waals surface area contributed by atoms with E-state index in [1.807, 2.05) is 0 Å². The average molecular weight is 657 g/mol. The van der Waals surface area contributed by atoms with E-state index in [4.69, 9.17) is 42.6 Å². The third kappa shape index (κ3) is 31.0. The summed E-state index contributed by atoms with van der Waals surface area (Å²) in [6, 6.07) is 6.96. The molecule has 46 heavy (non-hydrogen) atoms. The minimum atomic E-state index is 0.438. The molecule has 268 valence electrons. The number of carbonyl (C=O) groups excluding carboxylic acids is 1. The fourth-order valence-corrected chi connectivity index (χ4v) is 4.37. The number of aldehydes is 1. The van der Waals surface area contributed by atoms with Crippen LogP contribution in [0.2, 0.25) is 0 Å². The molecule has 0 heterocycles. The van der Waals surface area contributed by atoms with E-state index in [0.717, 1.165) is 19.3 Å². The van der Waals surface area contributed by atoms with Crippen LogP contribution in [0.5, 0.6) is 5.75 Å². The summed E-state index contributed by atoms with van der Waals surface area (Å²) >= 11 is 0. The van der Waals surface area contributed by atoms with Crippen molar-refractivity contribution in [2.45, 2.75) is 77.6 Å². The van der Waals surface area contributed by atoms with Gasteiger partial charge in [0, 0.05) is 12.2 Å². The molecule has 1 aromatic carbocycles. The molecule has 0 spiro atoms. The van der Waals surface area contributed by atoms with Gasteiger partial charge >= 0.3 is 0 Å². The van der Waals surface area contributed by atoms with Crippen LogP contribution in [0, 0.1) is 0 Å². The van der Waals surface area contributed by atoms with Crippen LogP contribution >= 0.6 is 0 Å². The quantitative estimate of drug-likeness (QED) is 0.0594. The molecule has 0 atom stereocenters. The summed E-state index contributed by atoms with van der Waals surface area (Å²) in [4.78, 5) is 10.6. The highest BCUT2D eigenvalue weighted by molar-refractivity contribution is 5.74. The van der Waals surface area contributed by atoms with E-state index < -0.39 is 0 Å². The molecular formula is C36H64O10. The van der Waals surface area contributed by atoms with Crippen molar-refractivity contribution in [2.24, 2.45) is 0 Å². The van der Waals surface area contributed by atoms with Crippen molar-refractivity contribution >= 4 is 6.29 Å². The van der Waals surface area contributed by atoms with Crippen molar-refractivity contribution in [1.29, 1.82) is 0 Å². The fraction of sp³-hybridized carbons (Fsp3) is 0.806. The first-order chi connectivity index (χ1) is 22.9. The number of hydrogen-bond acceptors (Lipinski definition) is 10.